The molecule has 0 aliphatic rings. The van der Waals surface area contributed by atoms with Gasteiger partial charge in [-0.2, -0.15) is 5.10 Å². The molecule has 3 rings (SSSR count). The van der Waals surface area contributed by atoms with E-state index in [0.29, 0.717) is 34.0 Å². The van der Waals surface area contributed by atoms with E-state index in [1.54, 1.807) is 29.6 Å². The van der Waals surface area contributed by atoms with Gasteiger partial charge >= 0.3 is 5.97 Å². The van der Waals surface area contributed by atoms with Crippen LogP contribution in [-0.4, -0.2) is 47.8 Å². The number of amides is 1. The van der Waals surface area contributed by atoms with Crippen LogP contribution in [0, 0.1) is 20.8 Å². The Labute approximate surface area is 180 Å². The lowest BCUT2D eigenvalue weighted by Crippen LogP contribution is -2.31. The average Bonchev–Trinajstić information content (AvgIpc) is 3.08. The van der Waals surface area contributed by atoms with Gasteiger partial charge in [-0.05, 0) is 44.5 Å². The Kier molecular flexibility index (Phi) is 6.43. The normalized spacial score (nSPS) is 11.8. The van der Waals surface area contributed by atoms with Gasteiger partial charge < -0.3 is 19.5 Å². The highest BCUT2D eigenvalue weighted by molar-refractivity contribution is 6.01. The molecule has 9 nitrogen and oxygen atoms in total. The van der Waals surface area contributed by atoms with Crippen molar-refractivity contribution >= 4 is 17.5 Å². The summed E-state index contributed by atoms with van der Waals surface area (Å²) in [6.07, 6.45) is -0.0541. The molecule has 0 unspecified atom stereocenters. The summed E-state index contributed by atoms with van der Waals surface area (Å²) in [5.74, 6) is 0.197. The van der Waals surface area contributed by atoms with Gasteiger partial charge in [0.2, 0.25) is 0 Å². The Bertz CT molecular complexity index is 1140. The second-order valence-corrected chi connectivity index (χ2v) is 7.16. The van der Waals surface area contributed by atoms with Crippen molar-refractivity contribution in [3.05, 3.63) is 52.5 Å². The van der Waals surface area contributed by atoms with Gasteiger partial charge in [0.25, 0.3) is 5.91 Å². The number of hydrogen-bond donors (Lipinski definition) is 1. The van der Waals surface area contributed by atoms with E-state index >= 15 is 0 Å². The first-order valence-corrected chi connectivity index (χ1v) is 9.72. The maximum Gasteiger partial charge on any atom is 0.307 e. The quantitative estimate of drug-likeness (QED) is 0.579. The van der Waals surface area contributed by atoms with Gasteiger partial charge in [0.1, 0.15) is 5.56 Å². The molecule has 3 aromatic rings. The fourth-order valence-corrected chi connectivity index (χ4v) is 3.50. The number of carbonyl (C=O) groups is 2. The number of esters is 1. The Balaban J connectivity index is 2.01. The number of rotatable bonds is 7. The van der Waals surface area contributed by atoms with Crippen LogP contribution in [0.2, 0.25) is 0 Å². The standard InChI is InChI=1S/C22H26N4O5/c1-12-9-13(2)26-21(23-12)20(14(3)25-26)22(28)24-16(11-19(27)31-6)15-7-8-17(29-4)18(10-15)30-5/h7-10,16H,11H2,1-6H3,(H,24,28)/t16-/m0/s1. The molecule has 164 valence electrons. The number of hydrogen-bond acceptors (Lipinski definition) is 7. The third-order valence-electron chi connectivity index (χ3n) is 5.01. The summed E-state index contributed by atoms with van der Waals surface area (Å²) in [7, 11) is 4.37. The van der Waals surface area contributed by atoms with Gasteiger partial charge in [-0.25, -0.2) is 9.50 Å². The van der Waals surface area contributed by atoms with Gasteiger partial charge in [-0.3, -0.25) is 9.59 Å². The van der Waals surface area contributed by atoms with E-state index in [1.165, 1.54) is 21.3 Å². The first-order valence-electron chi connectivity index (χ1n) is 9.72. The second-order valence-electron chi connectivity index (χ2n) is 7.16. The Morgan fingerprint density at radius 2 is 1.77 bits per heavy atom. The first-order chi connectivity index (χ1) is 14.8. The summed E-state index contributed by atoms with van der Waals surface area (Å²) in [5.41, 5.74) is 3.70. The highest BCUT2D eigenvalue weighted by Gasteiger charge is 2.25. The molecule has 31 heavy (non-hydrogen) atoms. The smallest absolute Gasteiger partial charge is 0.307 e. The number of fused-ring (bicyclic) bond motifs is 1. The molecule has 1 aromatic carbocycles. The minimum atomic E-state index is -0.653. The molecule has 0 fully saturated rings. The predicted octanol–water partition coefficient (Wildman–Crippen LogP) is 2.71. The lowest BCUT2D eigenvalue weighted by molar-refractivity contribution is -0.141. The zero-order valence-corrected chi connectivity index (χ0v) is 18.5. The summed E-state index contributed by atoms with van der Waals surface area (Å²) in [6, 6.07) is 6.46. The Morgan fingerprint density at radius 1 is 1.06 bits per heavy atom. The zero-order chi connectivity index (χ0) is 22.7. The van der Waals surface area contributed by atoms with Crippen LogP contribution in [-0.2, 0) is 9.53 Å². The van der Waals surface area contributed by atoms with Crippen LogP contribution in [0.5, 0.6) is 11.5 Å². The van der Waals surface area contributed by atoms with Crippen molar-refractivity contribution in [1.82, 2.24) is 19.9 Å². The van der Waals surface area contributed by atoms with E-state index in [1.807, 2.05) is 19.9 Å². The molecular formula is C22H26N4O5. The minimum Gasteiger partial charge on any atom is -0.493 e. The number of aryl methyl sites for hydroxylation is 3. The lowest BCUT2D eigenvalue weighted by Gasteiger charge is -2.19. The van der Waals surface area contributed by atoms with Crippen molar-refractivity contribution in [3.63, 3.8) is 0 Å². The second kappa shape index (κ2) is 9.03. The van der Waals surface area contributed by atoms with Gasteiger partial charge in [0, 0.05) is 11.4 Å². The van der Waals surface area contributed by atoms with Crippen molar-refractivity contribution < 1.29 is 23.8 Å². The summed E-state index contributed by atoms with van der Waals surface area (Å²) < 4.78 is 17.1. The zero-order valence-electron chi connectivity index (χ0n) is 18.5. The largest absolute Gasteiger partial charge is 0.493 e. The van der Waals surface area contributed by atoms with E-state index in [-0.39, 0.29) is 12.3 Å². The summed E-state index contributed by atoms with van der Waals surface area (Å²) in [4.78, 5) is 29.8. The first kappa shape index (κ1) is 22.1. The Hall–Kier alpha value is -3.62. The molecule has 0 bridgehead atoms. The molecule has 1 amide bonds. The number of benzene rings is 1. The SMILES string of the molecule is COC(=O)C[C@H](NC(=O)c1c(C)nn2c(C)cc(C)nc12)c1ccc(OC)c(OC)c1. The van der Waals surface area contributed by atoms with Crippen LogP contribution >= 0.6 is 0 Å². The third kappa shape index (κ3) is 4.45. The molecule has 0 radical (unpaired) electrons. The molecule has 9 heteroatoms. The molecule has 0 saturated heterocycles. The van der Waals surface area contributed by atoms with Crippen LogP contribution in [0.3, 0.4) is 0 Å². The number of methoxy groups -OCH3 is 3. The summed E-state index contributed by atoms with van der Waals surface area (Å²) >= 11 is 0. The van der Waals surface area contributed by atoms with Crippen molar-refractivity contribution in [2.24, 2.45) is 0 Å². The van der Waals surface area contributed by atoms with E-state index in [4.69, 9.17) is 14.2 Å². The molecule has 0 spiro atoms. The number of nitrogens with one attached hydrogen (secondary N) is 1. The van der Waals surface area contributed by atoms with Crippen LogP contribution in [0.25, 0.3) is 5.65 Å². The van der Waals surface area contributed by atoms with Gasteiger partial charge in [0.15, 0.2) is 17.1 Å². The average molecular weight is 426 g/mol. The lowest BCUT2D eigenvalue weighted by atomic mass is 10.0. The monoisotopic (exact) mass is 426 g/mol. The molecule has 0 aliphatic heterocycles. The molecule has 1 N–H and O–H groups in total. The van der Waals surface area contributed by atoms with E-state index in [2.05, 4.69) is 15.4 Å². The van der Waals surface area contributed by atoms with E-state index in [0.717, 1.165) is 11.4 Å². The fourth-order valence-electron chi connectivity index (χ4n) is 3.50. The van der Waals surface area contributed by atoms with Gasteiger partial charge in [-0.1, -0.05) is 6.07 Å². The highest BCUT2D eigenvalue weighted by Crippen LogP contribution is 2.31. The molecule has 0 saturated carbocycles. The molecule has 2 aromatic heterocycles. The van der Waals surface area contributed by atoms with E-state index in [9.17, 15) is 9.59 Å². The topological polar surface area (TPSA) is 104 Å². The third-order valence-corrected chi connectivity index (χ3v) is 5.01. The van der Waals surface area contributed by atoms with Crippen molar-refractivity contribution in [2.45, 2.75) is 33.2 Å². The van der Waals surface area contributed by atoms with Crippen LogP contribution in [0.15, 0.2) is 24.3 Å². The maximum absolute atomic E-state index is 13.3. The highest BCUT2D eigenvalue weighted by atomic mass is 16.5. The molecular weight excluding hydrogens is 400 g/mol. The number of carbonyl (C=O) groups excluding carboxylic acids is 2. The number of aromatic nitrogens is 3. The predicted molar refractivity (Wildman–Crippen MR) is 114 cm³/mol. The van der Waals surface area contributed by atoms with Crippen molar-refractivity contribution in [2.75, 3.05) is 21.3 Å². The summed E-state index contributed by atoms with van der Waals surface area (Å²) in [6.45, 7) is 5.52. The summed E-state index contributed by atoms with van der Waals surface area (Å²) in [5, 5.41) is 7.38. The van der Waals surface area contributed by atoms with Crippen LogP contribution < -0.4 is 14.8 Å². The molecule has 2 heterocycles. The Morgan fingerprint density at radius 3 is 2.42 bits per heavy atom. The van der Waals surface area contributed by atoms with Crippen LogP contribution in [0.4, 0.5) is 0 Å². The van der Waals surface area contributed by atoms with Crippen molar-refractivity contribution in [3.8, 4) is 11.5 Å². The fraction of sp³-hybridized carbons (Fsp3) is 0.364. The van der Waals surface area contributed by atoms with Gasteiger partial charge in [-0.15, -0.1) is 0 Å². The van der Waals surface area contributed by atoms with Gasteiger partial charge in [0.05, 0.1) is 39.5 Å². The van der Waals surface area contributed by atoms with Crippen molar-refractivity contribution in [1.29, 1.82) is 0 Å². The molecule has 0 aliphatic carbocycles. The number of ether oxygens (including phenoxy) is 3. The van der Waals surface area contributed by atoms with Crippen LogP contribution in [0.1, 0.15) is 45.5 Å². The maximum atomic E-state index is 13.3. The molecule has 1 atom stereocenters. The van der Waals surface area contributed by atoms with E-state index < -0.39 is 12.0 Å². The number of nitrogens with zero attached hydrogens (tertiary/aromatic N) is 3. The minimum absolute atomic E-state index is 0.0541.